The highest BCUT2D eigenvalue weighted by Gasteiger charge is 2.14. The summed E-state index contributed by atoms with van der Waals surface area (Å²) in [6, 6.07) is 15.8. The number of hydrogen-bond donors (Lipinski definition) is 0. The minimum absolute atomic E-state index is 0.0000430. The maximum Gasteiger partial charge on any atom is 0.262 e. The monoisotopic (exact) mass is 357 g/mol. The Bertz CT molecular complexity index is 1120. The number of fused-ring (bicyclic) bond motifs is 1. The van der Waals surface area contributed by atoms with Crippen molar-refractivity contribution in [3.05, 3.63) is 89.1 Å². The third-order valence-electron chi connectivity index (χ3n) is 4.92. The molecule has 4 rings (SSSR count). The maximum absolute atomic E-state index is 12.9. The Hall–Kier alpha value is -3.14. The number of aromatic nitrogens is 3. The van der Waals surface area contributed by atoms with Gasteiger partial charge in [-0.1, -0.05) is 31.2 Å². The molecule has 0 aliphatic rings. The van der Waals surface area contributed by atoms with Crippen LogP contribution in [-0.4, -0.2) is 20.0 Å². The molecule has 4 heteroatoms. The lowest BCUT2D eigenvalue weighted by molar-refractivity contribution is 0.0965. The molecule has 0 atom stereocenters. The van der Waals surface area contributed by atoms with Gasteiger partial charge >= 0.3 is 0 Å². The van der Waals surface area contributed by atoms with E-state index in [4.69, 9.17) is 0 Å². The average molecular weight is 357 g/mol. The largest absolute Gasteiger partial charge is 0.330 e. The van der Waals surface area contributed by atoms with E-state index in [1.165, 1.54) is 5.56 Å². The van der Waals surface area contributed by atoms with Crippen LogP contribution in [0.2, 0.25) is 0 Å². The summed E-state index contributed by atoms with van der Waals surface area (Å²) < 4.78 is 3.96. The predicted octanol–water partition coefficient (Wildman–Crippen LogP) is 4.75. The normalized spacial score (nSPS) is 11.2. The zero-order valence-corrected chi connectivity index (χ0v) is 15.9. The molecule has 136 valence electrons. The molecule has 0 fully saturated rings. The molecule has 2 aromatic heterocycles. The van der Waals surface area contributed by atoms with E-state index in [2.05, 4.69) is 41.7 Å². The highest BCUT2D eigenvalue weighted by molar-refractivity contribution is 6.03. The molecule has 0 spiro atoms. The van der Waals surface area contributed by atoms with Gasteiger partial charge in [0.1, 0.15) is 5.82 Å². The molecule has 0 saturated heterocycles. The molecule has 2 heterocycles. The minimum Gasteiger partial charge on any atom is -0.330 e. The van der Waals surface area contributed by atoms with Crippen LogP contribution >= 0.6 is 0 Å². The quantitative estimate of drug-likeness (QED) is 0.528. The molecule has 0 radical (unpaired) electrons. The molecule has 2 aromatic carbocycles. The molecule has 0 saturated carbocycles. The van der Waals surface area contributed by atoms with Crippen molar-refractivity contribution < 1.29 is 4.79 Å². The first-order valence-electron chi connectivity index (χ1n) is 9.30. The smallest absolute Gasteiger partial charge is 0.262 e. The van der Waals surface area contributed by atoms with Crippen LogP contribution in [-0.2, 0) is 13.0 Å². The average Bonchev–Trinajstić information content (AvgIpc) is 3.25. The second kappa shape index (κ2) is 6.88. The summed E-state index contributed by atoms with van der Waals surface area (Å²) in [5.41, 5.74) is 5.04. The second-order valence-electron chi connectivity index (χ2n) is 6.99. The first-order valence-corrected chi connectivity index (χ1v) is 9.30. The molecule has 0 aliphatic carbocycles. The lowest BCUT2D eigenvalue weighted by atomic mass is 10.1. The van der Waals surface area contributed by atoms with Crippen LogP contribution < -0.4 is 0 Å². The van der Waals surface area contributed by atoms with Crippen LogP contribution in [0.15, 0.2) is 60.9 Å². The topological polar surface area (TPSA) is 39.8 Å². The Labute approximate surface area is 159 Å². The summed E-state index contributed by atoms with van der Waals surface area (Å²) >= 11 is 0. The Balaban J connectivity index is 1.72. The van der Waals surface area contributed by atoms with E-state index in [1.54, 1.807) is 4.57 Å². The van der Waals surface area contributed by atoms with Crippen LogP contribution in [0.1, 0.15) is 39.9 Å². The highest BCUT2D eigenvalue weighted by atomic mass is 16.2. The zero-order chi connectivity index (χ0) is 19.0. The van der Waals surface area contributed by atoms with Gasteiger partial charge in [-0.3, -0.25) is 9.36 Å². The highest BCUT2D eigenvalue weighted by Crippen LogP contribution is 2.24. The van der Waals surface area contributed by atoms with E-state index in [9.17, 15) is 4.79 Å². The number of imidazole rings is 1. The Morgan fingerprint density at radius 2 is 1.85 bits per heavy atom. The number of benzene rings is 2. The molecule has 0 aliphatic heterocycles. The van der Waals surface area contributed by atoms with Crippen molar-refractivity contribution in [2.75, 3.05) is 0 Å². The third-order valence-corrected chi connectivity index (χ3v) is 4.92. The molecule has 0 bridgehead atoms. The predicted molar refractivity (Wildman–Crippen MR) is 108 cm³/mol. The Morgan fingerprint density at radius 1 is 1.07 bits per heavy atom. The van der Waals surface area contributed by atoms with Crippen molar-refractivity contribution in [3.8, 4) is 0 Å². The third kappa shape index (κ3) is 3.19. The van der Waals surface area contributed by atoms with Crippen LogP contribution in [0.3, 0.4) is 0 Å². The van der Waals surface area contributed by atoms with Gasteiger partial charge in [-0.25, -0.2) is 4.98 Å². The summed E-state index contributed by atoms with van der Waals surface area (Å²) in [6.45, 7) is 7.01. The molecular formula is C23H23N3O. The van der Waals surface area contributed by atoms with Crippen molar-refractivity contribution in [1.29, 1.82) is 0 Å². The van der Waals surface area contributed by atoms with Crippen molar-refractivity contribution in [3.63, 3.8) is 0 Å². The lowest BCUT2D eigenvalue weighted by Crippen LogP contribution is -2.11. The Morgan fingerprint density at radius 3 is 2.59 bits per heavy atom. The van der Waals surface area contributed by atoms with Crippen LogP contribution in [0, 0.1) is 13.8 Å². The van der Waals surface area contributed by atoms with Crippen LogP contribution in [0.4, 0.5) is 0 Å². The van der Waals surface area contributed by atoms with Gasteiger partial charge in [-0.2, -0.15) is 0 Å². The fourth-order valence-electron chi connectivity index (χ4n) is 3.76. The molecular weight excluding hydrogens is 334 g/mol. The van der Waals surface area contributed by atoms with Crippen molar-refractivity contribution >= 4 is 16.8 Å². The van der Waals surface area contributed by atoms with Gasteiger partial charge in [0.25, 0.3) is 5.91 Å². The zero-order valence-electron chi connectivity index (χ0n) is 15.9. The molecule has 0 unspecified atom stereocenters. The summed E-state index contributed by atoms with van der Waals surface area (Å²) in [6.07, 6.45) is 4.88. The number of carbonyl (C=O) groups excluding carboxylic acids is 1. The first-order chi connectivity index (χ1) is 13.1. The van der Waals surface area contributed by atoms with E-state index >= 15 is 0 Å². The van der Waals surface area contributed by atoms with Crippen LogP contribution in [0.25, 0.3) is 10.9 Å². The van der Waals surface area contributed by atoms with Gasteiger partial charge in [0.05, 0.1) is 11.2 Å². The van der Waals surface area contributed by atoms with Gasteiger partial charge in [0.15, 0.2) is 0 Å². The number of hydrogen-bond acceptors (Lipinski definition) is 2. The Kier molecular flexibility index (Phi) is 4.40. The molecule has 4 aromatic rings. The van der Waals surface area contributed by atoms with Crippen molar-refractivity contribution in [2.45, 2.75) is 33.7 Å². The molecule has 27 heavy (non-hydrogen) atoms. The lowest BCUT2D eigenvalue weighted by Gasteiger charge is -2.11. The molecule has 0 N–H and O–H groups in total. The van der Waals surface area contributed by atoms with Crippen molar-refractivity contribution in [2.24, 2.45) is 0 Å². The van der Waals surface area contributed by atoms with Gasteiger partial charge in [-0.15, -0.1) is 0 Å². The van der Waals surface area contributed by atoms with E-state index < -0.39 is 0 Å². The fraction of sp³-hybridized carbons (Fsp3) is 0.217. The minimum atomic E-state index is -0.0000430. The standard InChI is InChI=1S/C23H23N3O/c1-4-21-24-17(3)14-25(21)15-18-12-16(2)22-20(13-18)10-11-26(22)23(27)19-8-6-5-7-9-19/h5-14H,4,15H2,1-3H3. The fourth-order valence-corrected chi connectivity index (χ4v) is 3.76. The van der Waals surface area contributed by atoms with Gasteiger partial charge < -0.3 is 4.57 Å². The molecule has 0 amide bonds. The summed E-state index contributed by atoms with van der Waals surface area (Å²) in [5.74, 6) is 1.10. The SMILES string of the molecule is CCc1nc(C)cn1Cc1cc(C)c2c(ccn2C(=O)c2ccccc2)c1. The van der Waals surface area contributed by atoms with Crippen LogP contribution in [0.5, 0.6) is 0 Å². The van der Waals surface area contributed by atoms with E-state index in [1.807, 2.05) is 49.5 Å². The van der Waals surface area contributed by atoms with E-state index in [-0.39, 0.29) is 5.91 Å². The number of aryl methyl sites for hydroxylation is 3. The van der Waals surface area contributed by atoms with E-state index in [0.29, 0.717) is 5.56 Å². The summed E-state index contributed by atoms with van der Waals surface area (Å²) in [7, 11) is 0. The van der Waals surface area contributed by atoms with Gasteiger partial charge in [-0.05, 0) is 49.2 Å². The van der Waals surface area contributed by atoms with Gasteiger partial charge in [0.2, 0.25) is 0 Å². The summed E-state index contributed by atoms with van der Waals surface area (Å²) in [4.78, 5) is 17.5. The number of carbonyl (C=O) groups is 1. The number of nitrogens with zero attached hydrogens (tertiary/aromatic N) is 3. The van der Waals surface area contributed by atoms with Gasteiger partial charge in [0, 0.05) is 36.3 Å². The number of rotatable bonds is 4. The first kappa shape index (κ1) is 17.3. The second-order valence-corrected chi connectivity index (χ2v) is 6.99. The molecule has 4 nitrogen and oxygen atoms in total. The van der Waals surface area contributed by atoms with Crippen molar-refractivity contribution in [1.82, 2.24) is 14.1 Å². The maximum atomic E-state index is 12.9. The van der Waals surface area contributed by atoms with E-state index in [0.717, 1.165) is 41.0 Å². The summed E-state index contributed by atoms with van der Waals surface area (Å²) in [5, 5.41) is 1.09.